The molecule has 3 aliphatic rings. The molecule has 0 N–H and O–H groups in total. The summed E-state index contributed by atoms with van der Waals surface area (Å²) < 4.78 is 0. The average Bonchev–Trinajstić information content (AvgIpc) is 2.75. The predicted octanol–water partition coefficient (Wildman–Crippen LogP) is 3.34. The van der Waals surface area contributed by atoms with Gasteiger partial charge in [0.2, 0.25) is 0 Å². The highest BCUT2D eigenvalue weighted by molar-refractivity contribution is 5.93. The molecule has 2 aromatic rings. The molecule has 4 atom stereocenters. The quantitative estimate of drug-likeness (QED) is 0.807. The first-order valence-electron chi connectivity index (χ1n) is 11.0. The zero-order valence-corrected chi connectivity index (χ0v) is 17.2. The third-order valence-electron chi connectivity index (χ3n) is 7.14. The van der Waals surface area contributed by atoms with Crippen LogP contribution in [0.4, 0.5) is 0 Å². The van der Waals surface area contributed by atoms with E-state index in [-0.39, 0.29) is 5.91 Å². The summed E-state index contributed by atoms with van der Waals surface area (Å²) in [5, 5.41) is 0. The number of carbonyl (C=O) groups is 1. The lowest BCUT2D eigenvalue weighted by molar-refractivity contribution is -0.0499. The third kappa shape index (κ3) is 3.80. The van der Waals surface area contributed by atoms with Gasteiger partial charge in [-0.05, 0) is 50.0 Å². The van der Waals surface area contributed by atoms with Crippen LogP contribution in [-0.2, 0) is 6.42 Å². The summed E-state index contributed by atoms with van der Waals surface area (Å²) in [4.78, 5) is 26.4. The molecule has 152 valence electrons. The van der Waals surface area contributed by atoms with E-state index in [4.69, 9.17) is 0 Å². The maximum absolute atomic E-state index is 13.0. The van der Waals surface area contributed by atoms with Crippen LogP contribution in [0.1, 0.15) is 47.4 Å². The van der Waals surface area contributed by atoms with E-state index in [1.54, 1.807) is 12.4 Å². The lowest BCUT2D eigenvalue weighted by Crippen LogP contribution is -2.62. The van der Waals surface area contributed by atoms with Crippen molar-refractivity contribution in [2.45, 2.75) is 51.1 Å². The number of amides is 1. The molecule has 1 aromatic carbocycles. The maximum atomic E-state index is 13.0. The summed E-state index contributed by atoms with van der Waals surface area (Å²) in [6.07, 6.45) is 9.66. The molecule has 3 fully saturated rings. The van der Waals surface area contributed by atoms with Crippen LogP contribution in [0, 0.1) is 18.8 Å². The number of aryl methyl sites for hydroxylation is 1. The van der Waals surface area contributed by atoms with E-state index in [0.717, 1.165) is 26.1 Å². The molecule has 5 heteroatoms. The normalized spacial score (nSPS) is 29.3. The smallest absolute Gasteiger partial charge is 0.257 e. The Hall–Kier alpha value is -2.27. The second-order valence-electron chi connectivity index (χ2n) is 9.13. The van der Waals surface area contributed by atoms with E-state index in [9.17, 15) is 4.79 Å². The Balaban J connectivity index is 1.30. The zero-order valence-electron chi connectivity index (χ0n) is 17.2. The van der Waals surface area contributed by atoms with Crippen molar-refractivity contribution < 1.29 is 4.79 Å². The van der Waals surface area contributed by atoms with Crippen molar-refractivity contribution in [1.29, 1.82) is 0 Å². The molecule has 0 spiro atoms. The van der Waals surface area contributed by atoms with Crippen LogP contribution in [0.2, 0.25) is 0 Å². The van der Waals surface area contributed by atoms with Gasteiger partial charge in [0.15, 0.2) is 0 Å². The van der Waals surface area contributed by atoms with Gasteiger partial charge in [0.05, 0.1) is 5.56 Å². The van der Waals surface area contributed by atoms with E-state index >= 15 is 0 Å². The minimum atomic E-state index is 0.102. The van der Waals surface area contributed by atoms with Crippen molar-refractivity contribution in [3.05, 3.63) is 59.7 Å². The number of piperidine rings is 3. The molecular weight excluding hydrogens is 360 g/mol. The van der Waals surface area contributed by atoms with E-state index in [1.807, 2.05) is 6.92 Å². The highest BCUT2D eigenvalue weighted by Gasteiger charge is 2.45. The van der Waals surface area contributed by atoms with Gasteiger partial charge in [-0.3, -0.25) is 9.69 Å². The highest BCUT2D eigenvalue weighted by Crippen LogP contribution is 2.40. The first-order valence-corrected chi connectivity index (χ1v) is 11.0. The van der Waals surface area contributed by atoms with E-state index in [0.29, 0.717) is 35.3 Å². The molecule has 0 saturated carbocycles. The van der Waals surface area contributed by atoms with Crippen molar-refractivity contribution in [3.63, 3.8) is 0 Å². The summed E-state index contributed by atoms with van der Waals surface area (Å²) in [5.41, 5.74) is 2.07. The number of carbonyl (C=O) groups excluding carboxylic acids is 1. The van der Waals surface area contributed by atoms with Crippen molar-refractivity contribution in [3.8, 4) is 0 Å². The molecule has 2 bridgehead atoms. The fourth-order valence-corrected chi connectivity index (χ4v) is 5.87. The number of hydrogen-bond donors (Lipinski definition) is 0. The minimum Gasteiger partial charge on any atom is -0.338 e. The molecule has 3 aliphatic heterocycles. The molecule has 29 heavy (non-hydrogen) atoms. The summed E-state index contributed by atoms with van der Waals surface area (Å²) in [7, 11) is 0. The Labute approximate surface area is 173 Å². The van der Waals surface area contributed by atoms with Gasteiger partial charge in [-0.15, -0.1) is 0 Å². The number of benzene rings is 1. The zero-order chi connectivity index (χ0) is 19.8. The first-order chi connectivity index (χ1) is 14.2. The van der Waals surface area contributed by atoms with Crippen LogP contribution < -0.4 is 0 Å². The highest BCUT2D eigenvalue weighted by atomic mass is 16.2. The Morgan fingerprint density at radius 1 is 1.07 bits per heavy atom. The van der Waals surface area contributed by atoms with Gasteiger partial charge in [-0.1, -0.05) is 36.8 Å². The predicted molar refractivity (Wildman–Crippen MR) is 113 cm³/mol. The summed E-state index contributed by atoms with van der Waals surface area (Å²) in [6, 6.07) is 12.2. The fraction of sp³-hybridized carbons (Fsp3) is 0.542. The first kappa shape index (κ1) is 18.7. The summed E-state index contributed by atoms with van der Waals surface area (Å²) >= 11 is 0. The van der Waals surface area contributed by atoms with Gasteiger partial charge >= 0.3 is 0 Å². The van der Waals surface area contributed by atoms with Crippen molar-refractivity contribution in [2.24, 2.45) is 11.8 Å². The summed E-state index contributed by atoms with van der Waals surface area (Å²) in [5.74, 6) is 1.98. The number of nitrogens with zero attached hydrogens (tertiary/aromatic N) is 4. The monoisotopic (exact) mass is 390 g/mol. The Bertz CT molecular complexity index is 853. The van der Waals surface area contributed by atoms with Crippen LogP contribution in [-0.4, -0.2) is 57.4 Å². The van der Waals surface area contributed by atoms with Gasteiger partial charge in [-0.25, -0.2) is 9.97 Å². The van der Waals surface area contributed by atoms with Gasteiger partial charge in [0, 0.05) is 44.1 Å². The lowest BCUT2D eigenvalue weighted by Gasteiger charge is -2.55. The molecule has 0 unspecified atom stereocenters. The number of rotatable bonds is 3. The molecular formula is C24H30N4O. The molecule has 5 rings (SSSR count). The third-order valence-corrected chi connectivity index (χ3v) is 7.14. The van der Waals surface area contributed by atoms with Gasteiger partial charge in [-0.2, -0.15) is 0 Å². The van der Waals surface area contributed by atoms with Gasteiger partial charge in [0.25, 0.3) is 5.91 Å². The Morgan fingerprint density at radius 2 is 1.86 bits per heavy atom. The van der Waals surface area contributed by atoms with Crippen LogP contribution in [0.3, 0.4) is 0 Å². The molecule has 1 amide bonds. The van der Waals surface area contributed by atoms with Gasteiger partial charge < -0.3 is 4.90 Å². The minimum absolute atomic E-state index is 0.102. The van der Waals surface area contributed by atoms with E-state index in [1.165, 1.54) is 31.2 Å². The molecule has 3 saturated heterocycles. The number of aromatic nitrogens is 2. The number of fused-ring (bicyclic) bond motifs is 4. The molecule has 0 aliphatic carbocycles. The fourth-order valence-electron chi connectivity index (χ4n) is 5.87. The van der Waals surface area contributed by atoms with Crippen molar-refractivity contribution in [2.75, 3.05) is 19.6 Å². The largest absolute Gasteiger partial charge is 0.338 e. The maximum Gasteiger partial charge on any atom is 0.257 e. The lowest BCUT2D eigenvalue weighted by atomic mass is 9.74. The molecule has 1 aromatic heterocycles. The molecule has 0 radical (unpaired) electrons. The van der Waals surface area contributed by atoms with Crippen LogP contribution in [0.5, 0.6) is 0 Å². The molecule has 4 heterocycles. The van der Waals surface area contributed by atoms with Crippen molar-refractivity contribution >= 4 is 5.91 Å². The number of hydrogen-bond acceptors (Lipinski definition) is 4. The molecule has 5 nitrogen and oxygen atoms in total. The van der Waals surface area contributed by atoms with Crippen LogP contribution >= 0.6 is 0 Å². The van der Waals surface area contributed by atoms with E-state index < -0.39 is 0 Å². The van der Waals surface area contributed by atoms with E-state index in [2.05, 4.69) is 50.1 Å². The SMILES string of the molecule is Cc1ncc(C(=O)N2C[C@@H]3C[C@H](C2)[C@@H]2CCC[C@H](Cc4ccccc4)N2C3)cn1. The van der Waals surface area contributed by atoms with Crippen LogP contribution in [0.15, 0.2) is 42.7 Å². The van der Waals surface area contributed by atoms with Gasteiger partial charge in [0.1, 0.15) is 5.82 Å². The Kier molecular flexibility index (Phi) is 5.08. The average molecular weight is 391 g/mol. The van der Waals surface area contributed by atoms with Crippen molar-refractivity contribution in [1.82, 2.24) is 19.8 Å². The Morgan fingerprint density at radius 3 is 2.66 bits per heavy atom. The topological polar surface area (TPSA) is 49.3 Å². The second kappa shape index (κ2) is 7.86. The second-order valence-corrected chi connectivity index (χ2v) is 9.13. The number of likely N-dealkylation sites (tertiary alicyclic amines) is 1. The standard InChI is InChI=1S/C24H30N4O/c1-17-25-12-21(13-26-17)24(29)27-14-19-10-20(16-27)23-9-5-8-22(28(23)15-19)11-18-6-3-2-4-7-18/h2-4,6-7,12-13,19-20,22-23H,5,8-11,14-16H2,1H3/t19-,20+,22+,23-/m0/s1. The van der Waals surface area contributed by atoms with Crippen LogP contribution in [0.25, 0.3) is 0 Å². The summed E-state index contributed by atoms with van der Waals surface area (Å²) in [6.45, 7) is 4.73.